The van der Waals surface area contributed by atoms with E-state index in [-0.39, 0.29) is 24.4 Å². The lowest BCUT2D eigenvalue weighted by Gasteiger charge is -2.22. The third kappa shape index (κ3) is 10.6. The van der Waals surface area contributed by atoms with Gasteiger partial charge in [-0.25, -0.2) is 9.59 Å². The summed E-state index contributed by atoms with van der Waals surface area (Å²) in [6, 6.07) is 20.8. The highest BCUT2D eigenvalue weighted by atomic mass is 31.2. The first-order chi connectivity index (χ1) is 26.7. The molecule has 2 unspecified atom stereocenters. The van der Waals surface area contributed by atoms with E-state index in [1.165, 1.54) is 7.11 Å². The van der Waals surface area contributed by atoms with Crippen LogP contribution >= 0.6 is 14.7 Å². The van der Waals surface area contributed by atoms with Gasteiger partial charge in [0.1, 0.15) is 0 Å². The molecule has 0 aromatic heterocycles. The predicted octanol–water partition coefficient (Wildman–Crippen LogP) is 9.57. The third-order valence-electron chi connectivity index (χ3n) is 9.95. The molecule has 56 heavy (non-hydrogen) atoms. The molecule has 4 rings (SSSR count). The van der Waals surface area contributed by atoms with Gasteiger partial charge in [0.25, 0.3) is 5.52 Å². The van der Waals surface area contributed by atoms with Crippen molar-refractivity contribution in [2.24, 2.45) is 0 Å². The molecule has 4 aromatic carbocycles. The summed E-state index contributed by atoms with van der Waals surface area (Å²) in [5, 5.41) is 12.7. The lowest BCUT2D eigenvalue weighted by molar-refractivity contribution is 0.105. The summed E-state index contributed by atoms with van der Waals surface area (Å²) in [6.07, 6.45) is 3.42. The fourth-order valence-electron chi connectivity index (χ4n) is 7.02. The number of hydrogen-bond donors (Lipinski definition) is 4. The van der Waals surface area contributed by atoms with Gasteiger partial charge in [0, 0.05) is 47.7 Å². The average molecular weight is 803 g/mol. The van der Waals surface area contributed by atoms with E-state index >= 15 is 0 Å². The number of carbonyl (C=O) groups is 3. The molecule has 0 fully saturated rings. The second kappa shape index (κ2) is 20.1. The molecule has 4 amide bonds. The Bertz CT molecular complexity index is 2120. The fraction of sp³-hybridized carbons (Fsp3) is 0.372. The van der Waals surface area contributed by atoms with Crippen LogP contribution in [0.5, 0.6) is 0 Å². The number of urea groups is 2. The van der Waals surface area contributed by atoms with Crippen LogP contribution in [0.15, 0.2) is 72.8 Å². The summed E-state index contributed by atoms with van der Waals surface area (Å²) in [5.74, 6) is 0. The maximum absolute atomic E-state index is 14.0. The maximum atomic E-state index is 14.0. The van der Waals surface area contributed by atoms with E-state index in [1.54, 1.807) is 57.2 Å². The van der Waals surface area contributed by atoms with E-state index in [0.29, 0.717) is 46.2 Å². The van der Waals surface area contributed by atoms with E-state index in [2.05, 4.69) is 21.3 Å². The Labute approximate surface area is 331 Å². The molecule has 11 nitrogen and oxygen atoms in total. The molecule has 4 aromatic rings. The van der Waals surface area contributed by atoms with Crippen LogP contribution in [0.3, 0.4) is 0 Å². The Kier molecular flexibility index (Phi) is 15.8. The van der Waals surface area contributed by atoms with Gasteiger partial charge in [-0.2, -0.15) is 0 Å². The van der Waals surface area contributed by atoms with Crippen LogP contribution < -0.4 is 31.9 Å². The zero-order chi connectivity index (χ0) is 41.0. The number of nitrogens with one attached hydrogen (secondary N) is 4. The summed E-state index contributed by atoms with van der Waals surface area (Å²) < 4.78 is 39.1. The Morgan fingerprint density at radius 1 is 0.625 bits per heavy atom. The number of unbranched alkanes of at least 4 members (excludes halogenated alkanes) is 3. The van der Waals surface area contributed by atoms with Crippen molar-refractivity contribution >= 4 is 54.3 Å². The summed E-state index contributed by atoms with van der Waals surface area (Å²) in [4.78, 5) is 39.7. The minimum atomic E-state index is -3.89. The Morgan fingerprint density at radius 2 is 1.11 bits per heavy atom. The molecule has 0 radical (unpaired) electrons. The van der Waals surface area contributed by atoms with Crippen molar-refractivity contribution in [1.82, 2.24) is 10.6 Å². The van der Waals surface area contributed by atoms with Crippen molar-refractivity contribution in [3.63, 3.8) is 0 Å². The van der Waals surface area contributed by atoms with Crippen LogP contribution in [0, 0.1) is 41.5 Å². The molecule has 13 heteroatoms. The van der Waals surface area contributed by atoms with Gasteiger partial charge in [-0.05, 0) is 125 Å². The topological polar surface area (TPSA) is 152 Å². The summed E-state index contributed by atoms with van der Waals surface area (Å²) in [6.45, 7) is 14.0. The number of hydrogen-bond acceptors (Lipinski definition) is 7. The SMILES string of the molecule is CCOP(=O)(C(=O)c1c(C)cc(C)c(NC(=O)NCCCCCCNC(=O)Nc2c(C)cc(C)c(CP(=O)(OC)c3ccccc3)c2C)c1C)c1ccccc1. The monoisotopic (exact) mass is 802 g/mol. The first kappa shape index (κ1) is 44.2. The highest BCUT2D eigenvalue weighted by Gasteiger charge is 2.38. The molecular formula is C43H56N4O7P2. The Morgan fingerprint density at radius 3 is 1.61 bits per heavy atom. The number of aryl methyl sites for hydroxylation is 4. The number of benzene rings is 4. The summed E-state index contributed by atoms with van der Waals surface area (Å²) >= 11 is 0. The van der Waals surface area contributed by atoms with Crippen LogP contribution in [-0.4, -0.2) is 44.4 Å². The van der Waals surface area contributed by atoms with Crippen LogP contribution in [0.1, 0.15) is 81.9 Å². The van der Waals surface area contributed by atoms with E-state index in [9.17, 15) is 23.5 Å². The molecule has 0 aliphatic rings. The molecule has 0 spiro atoms. The second-order valence-corrected chi connectivity index (χ2v) is 18.8. The lowest BCUT2D eigenvalue weighted by atomic mass is 9.98. The van der Waals surface area contributed by atoms with Gasteiger partial charge < -0.3 is 30.3 Å². The van der Waals surface area contributed by atoms with Gasteiger partial charge in [-0.15, -0.1) is 0 Å². The second-order valence-electron chi connectivity index (χ2n) is 14.0. The van der Waals surface area contributed by atoms with Crippen molar-refractivity contribution in [2.45, 2.75) is 80.3 Å². The van der Waals surface area contributed by atoms with Gasteiger partial charge in [0.05, 0.1) is 12.8 Å². The number of rotatable bonds is 18. The molecule has 300 valence electrons. The van der Waals surface area contributed by atoms with E-state index in [4.69, 9.17) is 9.05 Å². The molecule has 2 atom stereocenters. The zero-order valence-corrected chi connectivity index (χ0v) is 35.6. The van der Waals surface area contributed by atoms with Crippen molar-refractivity contribution in [3.8, 4) is 0 Å². The number of amides is 4. The van der Waals surface area contributed by atoms with Crippen LogP contribution in [0.2, 0.25) is 0 Å². The van der Waals surface area contributed by atoms with Crippen molar-refractivity contribution in [1.29, 1.82) is 0 Å². The maximum Gasteiger partial charge on any atom is 0.319 e. The molecule has 0 saturated carbocycles. The molecule has 4 N–H and O–H groups in total. The van der Waals surface area contributed by atoms with Crippen LogP contribution in [-0.2, 0) is 24.3 Å². The first-order valence-corrected chi connectivity index (χ1v) is 22.5. The third-order valence-corrected chi connectivity index (χ3v) is 14.7. The van der Waals surface area contributed by atoms with Gasteiger partial charge in [-0.1, -0.05) is 61.4 Å². The normalized spacial score (nSPS) is 13.3. The van der Waals surface area contributed by atoms with Crippen LogP contribution in [0.4, 0.5) is 21.0 Å². The quantitative estimate of drug-likeness (QED) is 0.0578. The van der Waals surface area contributed by atoms with Gasteiger partial charge >= 0.3 is 19.4 Å². The summed E-state index contributed by atoms with van der Waals surface area (Å²) in [7, 11) is -5.58. The van der Waals surface area contributed by atoms with Gasteiger partial charge in [-0.3, -0.25) is 13.9 Å². The Hall–Kier alpha value is -4.53. The van der Waals surface area contributed by atoms with Crippen LogP contribution in [0.25, 0.3) is 0 Å². The zero-order valence-electron chi connectivity index (χ0n) is 33.8. The minimum absolute atomic E-state index is 0.105. The molecular weight excluding hydrogens is 746 g/mol. The fourth-order valence-corrected chi connectivity index (χ4v) is 11.1. The first-order valence-electron chi connectivity index (χ1n) is 19.0. The summed E-state index contributed by atoms with van der Waals surface area (Å²) in [5.41, 5.74) is 6.49. The molecule has 0 aliphatic heterocycles. The van der Waals surface area contributed by atoms with E-state index in [1.807, 2.05) is 64.1 Å². The van der Waals surface area contributed by atoms with E-state index < -0.39 is 26.3 Å². The molecule has 0 aliphatic carbocycles. The lowest BCUT2D eigenvalue weighted by Crippen LogP contribution is -2.31. The Balaban J connectivity index is 1.24. The van der Waals surface area contributed by atoms with Crippen molar-refractivity contribution in [3.05, 3.63) is 117 Å². The number of carbonyl (C=O) groups excluding carboxylic acids is 3. The van der Waals surface area contributed by atoms with Crippen molar-refractivity contribution in [2.75, 3.05) is 37.4 Å². The molecule has 0 saturated heterocycles. The predicted molar refractivity (Wildman–Crippen MR) is 228 cm³/mol. The van der Waals surface area contributed by atoms with Gasteiger partial charge in [0.2, 0.25) is 7.37 Å². The van der Waals surface area contributed by atoms with E-state index in [0.717, 1.165) is 53.5 Å². The average Bonchev–Trinajstić information content (AvgIpc) is 3.18. The largest absolute Gasteiger partial charge is 0.338 e. The standard InChI is InChI=1S/C43H56N4O7P2/c1-9-54-56(52,36-22-16-13-17-23-36)41(48)38-30(3)27-32(5)40(34(38)7)47-43(50)45-25-19-11-10-18-24-44-42(49)46-39-31(4)26-29(2)37(33(39)6)28-55(51,53-8)35-20-14-12-15-21-35/h12-17,20-23,26-27H,9-11,18-19,24-25,28H2,1-8H3,(H2,44,46,49)(H2,45,47,50). The highest BCUT2D eigenvalue weighted by Crippen LogP contribution is 2.51. The molecule has 0 bridgehead atoms. The van der Waals surface area contributed by atoms with Gasteiger partial charge in [0.15, 0.2) is 0 Å². The minimum Gasteiger partial charge on any atom is -0.338 e. The van der Waals surface area contributed by atoms with Crippen molar-refractivity contribution < 1.29 is 32.6 Å². The highest BCUT2D eigenvalue weighted by molar-refractivity contribution is 7.83. The smallest absolute Gasteiger partial charge is 0.319 e. The number of anilines is 2. The molecule has 0 heterocycles.